The first kappa shape index (κ1) is 8.97. The summed E-state index contributed by atoms with van der Waals surface area (Å²) in [5, 5.41) is 0. The zero-order valence-electron chi connectivity index (χ0n) is 7.91. The standard InChI is InChI=1S/C9H14O4/c1-3-11-8(10)7-9(13-7)4-6(2)12-5-9/h6-7H,3-5H2,1-2H3. The van der Waals surface area contributed by atoms with Crippen LogP contribution in [0, 0.1) is 0 Å². The molecule has 2 aliphatic rings. The van der Waals surface area contributed by atoms with Gasteiger partial charge in [0.2, 0.25) is 0 Å². The maximum absolute atomic E-state index is 11.3. The van der Waals surface area contributed by atoms with Gasteiger partial charge in [0.05, 0.1) is 19.3 Å². The second kappa shape index (κ2) is 2.96. The average Bonchev–Trinajstić information content (AvgIpc) is 2.64. The molecule has 0 amide bonds. The van der Waals surface area contributed by atoms with Gasteiger partial charge in [-0.15, -0.1) is 0 Å². The summed E-state index contributed by atoms with van der Waals surface area (Å²) < 4.78 is 15.6. The molecule has 0 N–H and O–H groups in total. The Morgan fingerprint density at radius 2 is 2.46 bits per heavy atom. The molecule has 0 aromatic rings. The minimum absolute atomic E-state index is 0.194. The van der Waals surface area contributed by atoms with Gasteiger partial charge in [-0.05, 0) is 13.8 Å². The molecule has 74 valence electrons. The van der Waals surface area contributed by atoms with Gasteiger partial charge >= 0.3 is 5.97 Å². The summed E-state index contributed by atoms with van der Waals surface area (Å²) in [6.45, 7) is 4.71. The van der Waals surface area contributed by atoms with Crippen molar-refractivity contribution in [2.75, 3.05) is 13.2 Å². The maximum atomic E-state index is 11.3. The fourth-order valence-electron chi connectivity index (χ4n) is 1.83. The van der Waals surface area contributed by atoms with Gasteiger partial charge in [0.25, 0.3) is 0 Å². The third kappa shape index (κ3) is 1.44. The molecular formula is C9H14O4. The summed E-state index contributed by atoms with van der Waals surface area (Å²) in [5.74, 6) is -0.250. The van der Waals surface area contributed by atoms with Crippen LogP contribution in [0.4, 0.5) is 0 Å². The summed E-state index contributed by atoms with van der Waals surface area (Å²) in [6, 6.07) is 0. The highest BCUT2D eigenvalue weighted by Crippen LogP contribution is 2.46. The topological polar surface area (TPSA) is 48.1 Å². The SMILES string of the molecule is CCOC(=O)C1OC12COC(C)C2. The van der Waals surface area contributed by atoms with Gasteiger partial charge in [-0.2, -0.15) is 0 Å². The Labute approximate surface area is 77.1 Å². The Morgan fingerprint density at radius 1 is 1.69 bits per heavy atom. The van der Waals surface area contributed by atoms with Crippen molar-refractivity contribution in [1.29, 1.82) is 0 Å². The van der Waals surface area contributed by atoms with E-state index in [-0.39, 0.29) is 23.8 Å². The predicted octanol–water partition coefficient (Wildman–Crippen LogP) is 0.496. The number of hydrogen-bond acceptors (Lipinski definition) is 4. The van der Waals surface area contributed by atoms with Crippen LogP contribution in [0.2, 0.25) is 0 Å². The van der Waals surface area contributed by atoms with Gasteiger partial charge in [-0.3, -0.25) is 0 Å². The van der Waals surface area contributed by atoms with Gasteiger partial charge in [-0.1, -0.05) is 0 Å². The molecule has 0 radical (unpaired) electrons. The van der Waals surface area contributed by atoms with Crippen LogP contribution in [0.1, 0.15) is 20.3 Å². The normalized spacial score (nSPS) is 42.3. The molecule has 0 aromatic carbocycles. The molecular weight excluding hydrogens is 172 g/mol. The molecule has 3 unspecified atom stereocenters. The third-order valence-corrected chi connectivity index (χ3v) is 2.52. The Hall–Kier alpha value is -0.610. The molecule has 0 saturated carbocycles. The summed E-state index contributed by atoms with van der Waals surface area (Å²) >= 11 is 0. The number of epoxide rings is 1. The van der Waals surface area contributed by atoms with Crippen molar-refractivity contribution in [3.8, 4) is 0 Å². The van der Waals surface area contributed by atoms with Crippen LogP contribution in [0.5, 0.6) is 0 Å². The van der Waals surface area contributed by atoms with E-state index in [9.17, 15) is 4.79 Å². The largest absolute Gasteiger partial charge is 0.464 e. The number of esters is 1. The molecule has 2 rings (SSSR count). The lowest BCUT2D eigenvalue weighted by Crippen LogP contribution is -2.23. The first-order valence-electron chi connectivity index (χ1n) is 4.64. The number of ether oxygens (including phenoxy) is 3. The van der Waals surface area contributed by atoms with Crippen molar-refractivity contribution in [1.82, 2.24) is 0 Å². The van der Waals surface area contributed by atoms with Gasteiger partial charge < -0.3 is 14.2 Å². The number of rotatable bonds is 2. The molecule has 4 heteroatoms. The van der Waals surface area contributed by atoms with E-state index in [0.29, 0.717) is 13.2 Å². The molecule has 0 bridgehead atoms. The highest BCUT2D eigenvalue weighted by molar-refractivity contribution is 5.79. The Balaban J connectivity index is 1.90. The lowest BCUT2D eigenvalue weighted by atomic mass is 10.0. The van der Waals surface area contributed by atoms with E-state index in [4.69, 9.17) is 14.2 Å². The molecule has 4 nitrogen and oxygen atoms in total. The van der Waals surface area contributed by atoms with Gasteiger partial charge in [0.15, 0.2) is 6.10 Å². The molecule has 2 fully saturated rings. The predicted molar refractivity (Wildman–Crippen MR) is 44.3 cm³/mol. The smallest absolute Gasteiger partial charge is 0.338 e. The first-order chi connectivity index (χ1) is 6.18. The minimum Gasteiger partial charge on any atom is -0.464 e. The summed E-state index contributed by atoms with van der Waals surface area (Å²) in [6.07, 6.45) is 0.619. The Bertz CT molecular complexity index is 228. The lowest BCUT2D eigenvalue weighted by Gasteiger charge is -2.00. The van der Waals surface area contributed by atoms with Gasteiger partial charge in [0.1, 0.15) is 5.60 Å². The minimum atomic E-state index is -0.377. The highest BCUT2D eigenvalue weighted by Gasteiger charge is 2.64. The highest BCUT2D eigenvalue weighted by atomic mass is 16.7. The van der Waals surface area contributed by atoms with E-state index in [1.54, 1.807) is 6.92 Å². The first-order valence-corrected chi connectivity index (χ1v) is 4.64. The maximum Gasteiger partial charge on any atom is 0.338 e. The molecule has 0 aliphatic carbocycles. The molecule has 13 heavy (non-hydrogen) atoms. The molecule has 2 heterocycles. The van der Waals surface area contributed by atoms with Gasteiger partial charge in [0, 0.05) is 6.42 Å². The Kier molecular flexibility index (Phi) is 2.04. The van der Waals surface area contributed by atoms with Crippen LogP contribution in [-0.4, -0.2) is 37.0 Å². The number of hydrogen-bond donors (Lipinski definition) is 0. The second-order valence-electron chi connectivity index (χ2n) is 3.64. The average molecular weight is 186 g/mol. The van der Waals surface area contributed by atoms with E-state index in [1.807, 2.05) is 6.92 Å². The third-order valence-electron chi connectivity index (χ3n) is 2.52. The van der Waals surface area contributed by atoms with Gasteiger partial charge in [-0.25, -0.2) is 4.79 Å². The fraction of sp³-hybridized carbons (Fsp3) is 0.889. The van der Waals surface area contributed by atoms with Crippen molar-refractivity contribution in [2.24, 2.45) is 0 Å². The summed E-state index contributed by atoms with van der Waals surface area (Å²) in [4.78, 5) is 11.3. The summed E-state index contributed by atoms with van der Waals surface area (Å²) in [7, 11) is 0. The Morgan fingerprint density at radius 3 is 3.00 bits per heavy atom. The zero-order chi connectivity index (χ0) is 9.47. The number of carbonyl (C=O) groups excluding carboxylic acids is 1. The zero-order valence-corrected chi connectivity index (χ0v) is 7.91. The van der Waals surface area contributed by atoms with Crippen molar-refractivity contribution < 1.29 is 19.0 Å². The van der Waals surface area contributed by atoms with E-state index in [2.05, 4.69) is 0 Å². The molecule has 2 saturated heterocycles. The van der Waals surface area contributed by atoms with Crippen LogP contribution in [0.3, 0.4) is 0 Å². The van der Waals surface area contributed by atoms with Crippen LogP contribution in [0.25, 0.3) is 0 Å². The fourth-order valence-corrected chi connectivity index (χ4v) is 1.83. The van der Waals surface area contributed by atoms with E-state index < -0.39 is 0 Å². The van der Waals surface area contributed by atoms with Crippen molar-refractivity contribution >= 4 is 5.97 Å². The van der Waals surface area contributed by atoms with Crippen molar-refractivity contribution in [3.05, 3.63) is 0 Å². The summed E-state index contributed by atoms with van der Waals surface area (Å²) in [5.41, 5.74) is -0.342. The molecule has 1 spiro atoms. The second-order valence-corrected chi connectivity index (χ2v) is 3.64. The van der Waals surface area contributed by atoms with Crippen LogP contribution in [0.15, 0.2) is 0 Å². The van der Waals surface area contributed by atoms with Crippen molar-refractivity contribution in [3.63, 3.8) is 0 Å². The van der Waals surface area contributed by atoms with E-state index >= 15 is 0 Å². The van der Waals surface area contributed by atoms with Crippen LogP contribution < -0.4 is 0 Å². The van der Waals surface area contributed by atoms with E-state index in [1.165, 1.54) is 0 Å². The lowest BCUT2D eigenvalue weighted by molar-refractivity contribution is -0.144. The quantitative estimate of drug-likeness (QED) is 0.465. The molecule has 3 atom stereocenters. The van der Waals surface area contributed by atoms with E-state index in [0.717, 1.165) is 6.42 Å². The van der Waals surface area contributed by atoms with Crippen LogP contribution >= 0.6 is 0 Å². The van der Waals surface area contributed by atoms with Crippen LogP contribution in [-0.2, 0) is 19.0 Å². The van der Waals surface area contributed by atoms with Crippen molar-refractivity contribution in [2.45, 2.75) is 38.1 Å². The monoisotopic (exact) mass is 186 g/mol. The number of carbonyl (C=O) groups is 1. The molecule has 0 aromatic heterocycles. The molecule has 2 aliphatic heterocycles.